The number of rotatable bonds is 13. The first-order valence-corrected chi connectivity index (χ1v) is 14.9. The van der Waals surface area contributed by atoms with Gasteiger partial charge in [-0.25, -0.2) is 4.79 Å². The van der Waals surface area contributed by atoms with Gasteiger partial charge in [0.2, 0.25) is 0 Å². The standard InChI is InChI=1S/C23H32N16O12/c24-35-30-5-6-12(41)15(44)11(34-38-27)22(49-6)51-18-9(13(42)8(32-36-25)14(43)10(18)33-37-26)28-2-3-29-20(47)19-16(45)17(46)21(50-19)39-4-1-7(40)31-23(39)48/h1,4,6,8-19,21-22,28,41-46H,2-3,5H2,(H,29,47)(H,31,40,48)/t6-,8+,9-,10+,11-,12-,13+,14-,15-,16+,17-,18+,19+,21-,22-/m1/s1. The molecule has 3 heterocycles. The van der Waals surface area contributed by atoms with E-state index in [1.807, 2.05) is 4.98 Å². The Morgan fingerprint density at radius 2 is 1.51 bits per heavy atom. The van der Waals surface area contributed by atoms with Crippen LogP contribution in [0.5, 0.6) is 0 Å². The van der Waals surface area contributed by atoms with Crippen molar-refractivity contribution in [1.82, 2.24) is 20.2 Å². The molecule has 9 N–H and O–H groups in total. The fourth-order valence-electron chi connectivity index (χ4n) is 5.90. The van der Waals surface area contributed by atoms with Crippen molar-refractivity contribution in [2.45, 2.75) is 91.6 Å². The quantitative estimate of drug-likeness (QED) is 0.0408. The lowest BCUT2D eigenvalue weighted by molar-refractivity contribution is -0.282. The van der Waals surface area contributed by atoms with Crippen LogP contribution in [0.2, 0.25) is 0 Å². The molecule has 28 heteroatoms. The Kier molecular flexibility index (Phi) is 13.1. The molecule has 3 aliphatic rings. The van der Waals surface area contributed by atoms with Gasteiger partial charge >= 0.3 is 5.69 Å². The van der Waals surface area contributed by atoms with E-state index in [4.69, 9.17) is 30.8 Å². The van der Waals surface area contributed by atoms with Gasteiger partial charge in [-0.05, 0) is 22.1 Å². The highest BCUT2D eigenvalue weighted by Crippen LogP contribution is 2.33. The lowest BCUT2D eigenvalue weighted by atomic mass is 9.80. The summed E-state index contributed by atoms with van der Waals surface area (Å²) in [5.74, 6) is -0.957. The van der Waals surface area contributed by atoms with Crippen LogP contribution in [-0.2, 0) is 19.0 Å². The zero-order valence-electron chi connectivity index (χ0n) is 25.9. The van der Waals surface area contributed by atoms with Crippen LogP contribution in [0.25, 0.3) is 41.8 Å². The normalized spacial score (nSPS) is 37.5. The molecule has 3 fully saturated rings. The average molecular weight is 725 g/mol. The maximum atomic E-state index is 12.9. The number of hydrogen-bond acceptors (Lipinski definition) is 17. The van der Waals surface area contributed by atoms with Crippen LogP contribution < -0.4 is 21.9 Å². The van der Waals surface area contributed by atoms with Crippen molar-refractivity contribution in [2.75, 3.05) is 19.6 Å². The summed E-state index contributed by atoms with van der Waals surface area (Å²) >= 11 is 0. The van der Waals surface area contributed by atoms with Gasteiger partial charge in [-0.2, -0.15) is 0 Å². The number of nitrogens with zero attached hydrogens (tertiary/aromatic N) is 13. The van der Waals surface area contributed by atoms with Crippen molar-refractivity contribution in [2.24, 2.45) is 20.5 Å². The highest BCUT2D eigenvalue weighted by atomic mass is 16.7. The van der Waals surface area contributed by atoms with Gasteiger partial charge < -0.3 is 55.5 Å². The van der Waals surface area contributed by atoms with Gasteiger partial charge in [0, 0.05) is 45.0 Å². The summed E-state index contributed by atoms with van der Waals surface area (Å²) in [6.45, 7) is -1.09. The molecule has 0 radical (unpaired) electrons. The van der Waals surface area contributed by atoms with Crippen LogP contribution in [0.4, 0.5) is 0 Å². The lowest BCUT2D eigenvalue weighted by Gasteiger charge is -2.48. The van der Waals surface area contributed by atoms with Gasteiger partial charge in [-0.3, -0.25) is 19.1 Å². The van der Waals surface area contributed by atoms with Crippen molar-refractivity contribution in [1.29, 1.82) is 0 Å². The van der Waals surface area contributed by atoms with E-state index in [1.54, 1.807) is 0 Å². The smallest absolute Gasteiger partial charge is 0.330 e. The van der Waals surface area contributed by atoms with Crippen LogP contribution in [-0.4, -0.2) is 151 Å². The highest BCUT2D eigenvalue weighted by molar-refractivity contribution is 5.81. The number of aromatic nitrogens is 2. The molecule has 1 aromatic heterocycles. The summed E-state index contributed by atoms with van der Waals surface area (Å²) in [5, 5.41) is 82.9. The number of aliphatic hydroxyl groups is 6. The predicted molar refractivity (Wildman–Crippen MR) is 162 cm³/mol. The summed E-state index contributed by atoms with van der Waals surface area (Å²) in [4.78, 5) is 48.8. The first-order valence-electron chi connectivity index (χ1n) is 14.9. The second-order valence-electron chi connectivity index (χ2n) is 11.3. The van der Waals surface area contributed by atoms with Gasteiger partial charge in [0.15, 0.2) is 18.6 Å². The van der Waals surface area contributed by atoms with Crippen LogP contribution in [0.3, 0.4) is 0 Å². The maximum absolute atomic E-state index is 12.9. The Balaban J connectivity index is 1.53. The zero-order valence-corrected chi connectivity index (χ0v) is 25.9. The predicted octanol–water partition coefficient (Wildman–Crippen LogP) is -3.86. The number of azide groups is 4. The minimum Gasteiger partial charge on any atom is -0.392 e. The van der Waals surface area contributed by atoms with E-state index in [2.05, 4.69) is 50.7 Å². The summed E-state index contributed by atoms with van der Waals surface area (Å²) in [6.07, 6.45) is -17.9. The van der Waals surface area contributed by atoms with Crippen LogP contribution in [0.15, 0.2) is 42.3 Å². The highest BCUT2D eigenvalue weighted by Gasteiger charge is 2.53. The SMILES string of the molecule is [N-]=[N+]=NC[C@H]1O[C@H](O[C@@H]2[C@@H](N=[N+]=[N-])[C@H](O)[C@@H](N=[N+]=[N-])[C@H](O)[C@H]2NCCNC(=O)[C@H]2O[C@@H](n3ccc(=O)[nH]c3=O)[C@H](O)[C@@H]2O)[C@H](N=[N+]=[N-])[C@@H](O)[C@@H]1O. The molecule has 51 heavy (non-hydrogen) atoms. The van der Waals surface area contributed by atoms with E-state index < -0.39 is 115 Å². The number of nitrogens with one attached hydrogen (secondary N) is 3. The monoisotopic (exact) mass is 724 g/mol. The minimum absolute atomic E-state index is 0.268. The molecule has 0 bridgehead atoms. The largest absolute Gasteiger partial charge is 0.392 e. The first-order chi connectivity index (χ1) is 24.4. The number of hydrogen-bond donors (Lipinski definition) is 9. The van der Waals surface area contributed by atoms with E-state index in [9.17, 15) is 50.6 Å². The molecule has 0 unspecified atom stereocenters. The number of ether oxygens (including phenoxy) is 3. The molecule has 2 saturated heterocycles. The number of carbonyl (C=O) groups excluding carboxylic acids is 1. The van der Waals surface area contributed by atoms with Crippen molar-refractivity contribution < 1.29 is 49.6 Å². The van der Waals surface area contributed by atoms with Crippen LogP contribution >= 0.6 is 0 Å². The number of aromatic amines is 1. The van der Waals surface area contributed by atoms with Crippen molar-refractivity contribution >= 4 is 5.91 Å². The Morgan fingerprint density at radius 1 is 0.843 bits per heavy atom. The third-order valence-electron chi connectivity index (χ3n) is 8.37. The molecule has 15 atom stereocenters. The number of H-pyrrole nitrogens is 1. The topological polar surface area (TPSA) is 440 Å². The summed E-state index contributed by atoms with van der Waals surface area (Å²) in [7, 11) is 0. The Labute approximate surface area is 282 Å². The second kappa shape index (κ2) is 17.3. The van der Waals surface area contributed by atoms with E-state index in [0.717, 1.165) is 16.8 Å². The molecule has 2 aliphatic heterocycles. The van der Waals surface area contributed by atoms with E-state index in [1.165, 1.54) is 0 Å². The van der Waals surface area contributed by atoms with Gasteiger partial charge in [0.05, 0.1) is 55.2 Å². The summed E-state index contributed by atoms with van der Waals surface area (Å²) < 4.78 is 17.7. The third-order valence-corrected chi connectivity index (χ3v) is 8.37. The number of carbonyl (C=O) groups is 1. The molecule has 4 rings (SSSR count). The molecule has 28 nitrogen and oxygen atoms in total. The van der Waals surface area contributed by atoms with E-state index >= 15 is 0 Å². The fraction of sp³-hybridized carbons (Fsp3) is 0.783. The fourth-order valence-corrected chi connectivity index (χ4v) is 5.90. The van der Waals surface area contributed by atoms with Gasteiger partial charge in [-0.15, -0.1) is 0 Å². The van der Waals surface area contributed by atoms with Gasteiger partial charge in [0.1, 0.15) is 24.4 Å². The summed E-state index contributed by atoms with van der Waals surface area (Å²) in [6, 6.07) is -5.46. The molecule has 1 amide bonds. The molecule has 1 aliphatic carbocycles. The number of aliphatic hydroxyl groups excluding tert-OH is 6. The Bertz CT molecular complexity index is 1720. The van der Waals surface area contributed by atoms with Crippen LogP contribution in [0, 0.1) is 0 Å². The molecule has 0 aromatic carbocycles. The molecular formula is C23H32N16O12. The van der Waals surface area contributed by atoms with Gasteiger partial charge in [-0.1, -0.05) is 20.5 Å². The maximum Gasteiger partial charge on any atom is 0.330 e. The molecule has 0 spiro atoms. The average Bonchev–Trinajstić information content (AvgIpc) is 3.39. The minimum atomic E-state index is -1.87. The molecule has 276 valence electrons. The lowest BCUT2D eigenvalue weighted by Crippen LogP contribution is -2.69. The van der Waals surface area contributed by atoms with Gasteiger partial charge in [0.25, 0.3) is 11.5 Å². The van der Waals surface area contributed by atoms with Crippen LogP contribution in [0.1, 0.15) is 6.23 Å². The van der Waals surface area contributed by atoms with Crippen molar-refractivity contribution in [3.63, 3.8) is 0 Å². The van der Waals surface area contributed by atoms with E-state index in [-0.39, 0.29) is 13.1 Å². The molecular weight excluding hydrogens is 692 g/mol. The second-order valence-corrected chi connectivity index (χ2v) is 11.3. The molecule has 1 aromatic rings. The van der Waals surface area contributed by atoms with Crippen molar-refractivity contribution in [3.8, 4) is 0 Å². The summed E-state index contributed by atoms with van der Waals surface area (Å²) in [5.41, 5.74) is 34.4. The Morgan fingerprint density at radius 3 is 2.16 bits per heavy atom. The number of amides is 1. The van der Waals surface area contributed by atoms with Crippen molar-refractivity contribution in [3.05, 3.63) is 74.9 Å². The Hall–Kier alpha value is -5.01. The van der Waals surface area contributed by atoms with E-state index in [0.29, 0.717) is 0 Å². The third kappa shape index (κ3) is 8.32. The molecule has 1 saturated carbocycles. The first kappa shape index (κ1) is 38.8. The zero-order chi connectivity index (χ0) is 37.4.